The summed E-state index contributed by atoms with van der Waals surface area (Å²) in [5, 5.41) is 8.21. The molecule has 3 rings (SSSR count). The first-order valence-electron chi connectivity index (χ1n) is 10.6. The molecule has 168 valence electrons. The summed E-state index contributed by atoms with van der Waals surface area (Å²) < 4.78 is 8.24. The number of ketones is 1. The predicted octanol–water partition coefficient (Wildman–Crippen LogP) is 5.29. The third-order valence-electron chi connectivity index (χ3n) is 5.20. The van der Waals surface area contributed by atoms with E-state index in [0.29, 0.717) is 31.6 Å². The van der Waals surface area contributed by atoms with Crippen LogP contribution in [0.1, 0.15) is 81.9 Å². The molecule has 8 heteroatoms. The molecule has 0 spiro atoms. The van der Waals surface area contributed by atoms with Gasteiger partial charge in [0.05, 0.1) is 11.7 Å². The summed E-state index contributed by atoms with van der Waals surface area (Å²) in [7, 11) is 0. The van der Waals surface area contributed by atoms with Gasteiger partial charge >= 0.3 is 6.09 Å². The number of Topliss-reactive ketones (excluding diaryl/α,β-unsaturated/α-hetero) is 1. The van der Waals surface area contributed by atoms with E-state index in [9.17, 15) is 9.59 Å². The number of ether oxygens (including phenoxy) is 1. The summed E-state index contributed by atoms with van der Waals surface area (Å²) in [6, 6.07) is 6.04. The number of amides is 1. The van der Waals surface area contributed by atoms with E-state index >= 15 is 0 Å². The third kappa shape index (κ3) is 5.93. The molecule has 1 aromatic carbocycles. The summed E-state index contributed by atoms with van der Waals surface area (Å²) in [4.78, 5) is 27.4. The lowest BCUT2D eigenvalue weighted by molar-refractivity contribution is 0.0235. The summed E-state index contributed by atoms with van der Waals surface area (Å²) in [5.41, 5.74) is 1.69. The molecular formula is C23H31BrN4O3. The number of carbonyl (C=O) groups is 2. The number of halogens is 1. The Bertz CT molecular complexity index is 972. The summed E-state index contributed by atoms with van der Waals surface area (Å²) in [5.74, 6) is -0.0529. The molecule has 2 aromatic rings. The van der Waals surface area contributed by atoms with Crippen LogP contribution < -0.4 is 0 Å². The molecule has 31 heavy (non-hydrogen) atoms. The highest BCUT2D eigenvalue weighted by Crippen LogP contribution is 2.34. The third-order valence-corrected chi connectivity index (χ3v) is 5.70. The van der Waals surface area contributed by atoms with Crippen LogP contribution in [0, 0.1) is 0 Å². The van der Waals surface area contributed by atoms with E-state index in [4.69, 9.17) is 4.74 Å². The first-order valence-corrected chi connectivity index (χ1v) is 11.3. The van der Waals surface area contributed by atoms with E-state index < -0.39 is 5.60 Å². The van der Waals surface area contributed by atoms with Crippen molar-refractivity contribution in [1.82, 2.24) is 19.9 Å². The van der Waals surface area contributed by atoms with E-state index in [1.807, 2.05) is 59.7 Å². The van der Waals surface area contributed by atoms with Crippen LogP contribution >= 0.6 is 15.9 Å². The molecule has 1 atom stereocenters. The van der Waals surface area contributed by atoms with Gasteiger partial charge in [0.15, 0.2) is 5.78 Å². The van der Waals surface area contributed by atoms with Gasteiger partial charge < -0.3 is 9.64 Å². The molecule has 1 aromatic heterocycles. The van der Waals surface area contributed by atoms with Gasteiger partial charge in [0, 0.05) is 24.0 Å². The first kappa shape index (κ1) is 23.4. The second-order valence-corrected chi connectivity index (χ2v) is 11.0. The highest BCUT2D eigenvalue weighted by Gasteiger charge is 2.30. The molecule has 1 aliphatic heterocycles. The van der Waals surface area contributed by atoms with Crippen molar-refractivity contribution < 1.29 is 14.3 Å². The number of rotatable bonds is 3. The molecule has 0 saturated heterocycles. The molecule has 0 saturated carbocycles. The fraction of sp³-hybridized carbons (Fsp3) is 0.565. The average Bonchev–Trinajstić information content (AvgIpc) is 3.07. The lowest BCUT2D eigenvalue weighted by Crippen LogP contribution is -2.36. The Hall–Kier alpha value is -2.22. The summed E-state index contributed by atoms with van der Waals surface area (Å²) in [6.07, 6.45) is 2.37. The van der Waals surface area contributed by atoms with Crippen molar-refractivity contribution in [1.29, 1.82) is 0 Å². The lowest BCUT2D eigenvalue weighted by Gasteiger charge is -2.26. The van der Waals surface area contributed by atoms with Crippen LogP contribution in [-0.4, -0.2) is 43.9 Å². The smallest absolute Gasteiger partial charge is 0.410 e. The molecule has 0 unspecified atom stereocenters. The number of hydrogen-bond acceptors (Lipinski definition) is 5. The van der Waals surface area contributed by atoms with Crippen LogP contribution in [0.3, 0.4) is 0 Å². The number of aromatic nitrogens is 3. The minimum atomic E-state index is -0.558. The highest BCUT2D eigenvalue weighted by atomic mass is 79.9. The van der Waals surface area contributed by atoms with Crippen molar-refractivity contribution in [2.24, 2.45) is 0 Å². The highest BCUT2D eigenvalue weighted by molar-refractivity contribution is 9.10. The van der Waals surface area contributed by atoms with Crippen molar-refractivity contribution in [2.45, 2.75) is 78.0 Å². The maximum Gasteiger partial charge on any atom is 0.410 e. The van der Waals surface area contributed by atoms with Gasteiger partial charge in [-0.3, -0.25) is 4.79 Å². The molecule has 0 N–H and O–H groups in total. The number of benzene rings is 1. The second-order valence-electron chi connectivity index (χ2n) is 10.1. The normalized spacial score (nSPS) is 17.1. The van der Waals surface area contributed by atoms with E-state index in [-0.39, 0.29) is 23.3 Å². The molecule has 7 nitrogen and oxygen atoms in total. The van der Waals surface area contributed by atoms with Crippen molar-refractivity contribution in [3.8, 4) is 0 Å². The van der Waals surface area contributed by atoms with Gasteiger partial charge in [-0.05, 0) is 77.1 Å². The second kappa shape index (κ2) is 8.73. The van der Waals surface area contributed by atoms with Crippen LogP contribution in [0.5, 0.6) is 0 Å². The van der Waals surface area contributed by atoms with Gasteiger partial charge in [-0.2, -0.15) is 0 Å². The fourth-order valence-corrected chi connectivity index (χ4v) is 4.01. The van der Waals surface area contributed by atoms with Crippen molar-refractivity contribution in [3.05, 3.63) is 45.7 Å². The Morgan fingerprint density at radius 3 is 2.52 bits per heavy atom. The molecule has 0 aliphatic carbocycles. The molecule has 2 heterocycles. The zero-order valence-corrected chi connectivity index (χ0v) is 20.7. The first-order chi connectivity index (χ1) is 14.3. The summed E-state index contributed by atoms with van der Waals surface area (Å²) in [6.45, 7) is 12.6. The largest absolute Gasteiger partial charge is 0.444 e. The summed E-state index contributed by atoms with van der Waals surface area (Å²) >= 11 is 3.53. The quantitative estimate of drug-likeness (QED) is 0.545. The number of nitrogens with zero attached hydrogens (tertiary/aromatic N) is 4. The van der Waals surface area contributed by atoms with E-state index in [2.05, 4.69) is 26.2 Å². The van der Waals surface area contributed by atoms with Crippen LogP contribution in [0.15, 0.2) is 28.9 Å². The maximum absolute atomic E-state index is 13.0. The van der Waals surface area contributed by atoms with Crippen molar-refractivity contribution in [3.63, 3.8) is 0 Å². The Morgan fingerprint density at radius 1 is 1.19 bits per heavy atom. The fourth-order valence-electron chi connectivity index (χ4n) is 3.60. The average molecular weight is 491 g/mol. The molecule has 0 fully saturated rings. The number of hydrogen-bond donors (Lipinski definition) is 0. The molecular weight excluding hydrogens is 460 g/mol. The monoisotopic (exact) mass is 490 g/mol. The number of carbonyl (C=O) groups excluding carboxylic acids is 2. The van der Waals surface area contributed by atoms with Gasteiger partial charge in [-0.15, -0.1) is 5.10 Å². The van der Waals surface area contributed by atoms with E-state index in [0.717, 1.165) is 15.6 Å². The minimum Gasteiger partial charge on any atom is -0.444 e. The molecule has 0 radical (unpaired) electrons. The van der Waals surface area contributed by atoms with Gasteiger partial charge in [0.25, 0.3) is 0 Å². The Labute approximate surface area is 192 Å². The van der Waals surface area contributed by atoms with Gasteiger partial charge in [-0.25, -0.2) is 9.48 Å². The zero-order chi connectivity index (χ0) is 23.0. The van der Waals surface area contributed by atoms with Crippen LogP contribution in [0.25, 0.3) is 0 Å². The Morgan fingerprint density at radius 2 is 1.90 bits per heavy atom. The maximum atomic E-state index is 13.0. The minimum absolute atomic E-state index is 0.0113. The van der Waals surface area contributed by atoms with Gasteiger partial charge in [0.2, 0.25) is 0 Å². The van der Waals surface area contributed by atoms with Crippen molar-refractivity contribution >= 4 is 27.8 Å². The van der Waals surface area contributed by atoms with E-state index in [1.165, 1.54) is 0 Å². The topological polar surface area (TPSA) is 77.3 Å². The number of fused-ring (bicyclic) bond motifs is 1. The van der Waals surface area contributed by atoms with Crippen LogP contribution in [-0.2, 0) is 16.8 Å². The van der Waals surface area contributed by atoms with E-state index in [1.54, 1.807) is 15.8 Å². The van der Waals surface area contributed by atoms with Gasteiger partial charge in [-0.1, -0.05) is 27.2 Å². The standard InChI is InChI=1S/C23H31BrN4O3/c1-22(2,3)28-14-19(25-26-28)20(29)12-15-9-10-27(21(30)31-23(4,5)6)13-16-11-17(24)7-8-18(15)16/h7-8,11,14-15H,9-10,12-13H2,1-6H3/t15-/m0/s1. The lowest BCUT2D eigenvalue weighted by atomic mass is 9.88. The van der Waals surface area contributed by atoms with Gasteiger partial charge in [0.1, 0.15) is 11.3 Å². The zero-order valence-electron chi connectivity index (χ0n) is 19.1. The van der Waals surface area contributed by atoms with Crippen molar-refractivity contribution in [2.75, 3.05) is 6.54 Å². The van der Waals surface area contributed by atoms with Crippen LogP contribution in [0.2, 0.25) is 0 Å². The predicted molar refractivity (Wildman–Crippen MR) is 122 cm³/mol. The molecule has 1 amide bonds. The Kier molecular flexibility index (Phi) is 6.60. The Balaban J connectivity index is 1.82. The van der Waals surface area contributed by atoms with Crippen LogP contribution in [0.4, 0.5) is 4.79 Å². The SMILES string of the molecule is CC(C)(C)OC(=O)N1CC[C@@H](CC(=O)c2cn(C(C)(C)C)nn2)c2ccc(Br)cc2C1. The molecule has 0 bridgehead atoms. The molecule has 1 aliphatic rings.